The van der Waals surface area contributed by atoms with Gasteiger partial charge >= 0.3 is 0 Å². The molecular formula is C21H29IN4O3. The van der Waals surface area contributed by atoms with Gasteiger partial charge in [0.15, 0.2) is 11.7 Å². The largest absolute Gasteiger partial charge is 0.459 e. The number of guanidine groups is 1. The van der Waals surface area contributed by atoms with E-state index in [1.807, 2.05) is 38.1 Å². The lowest BCUT2D eigenvalue weighted by Gasteiger charge is -2.36. The lowest BCUT2D eigenvalue weighted by atomic mass is 10.1. The van der Waals surface area contributed by atoms with Crippen molar-refractivity contribution in [3.05, 3.63) is 59.5 Å². The average Bonchev–Trinajstić information content (AvgIpc) is 3.26. The number of benzene rings is 1. The van der Waals surface area contributed by atoms with Crippen LogP contribution in [0.3, 0.4) is 0 Å². The van der Waals surface area contributed by atoms with Crippen LogP contribution in [-0.4, -0.2) is 66.0 Å². The van der Waals surface area contributed by atoms with Crippen LogP contribution in [0, 0.1) is 6.92 Å². The summed E-state index contributed by atoms with van der Waals surface area (Å²) in [5.41, 5.74) is 2.02. The maximum atomic E-state index is 12.4. The van der Waals surface area contributed by atoms with E-state index < -0.39 is 6.10 Å². The van der Waals surface area contributed by atoms with Crippen LogP contribution in [-0.2, 0) is 0 Å². The van der Waals surface area contributed by atoms with Gasteiger partial charge in [-0.15, -0.1) is 24.0 Å². The number of aliphatic imine (C=N–C) groups is 1. The molecule has 0 aliphatic carbocycles. The number of halogens is 1. The van der Waals surface area contributed by atoms with Crippen molar-refractivity contribution in [3.8, 4) is 0 Å². The molecule has 158 valence electrons. The molecule has 1 unspecified atom stereocenters. The number of aryl methyl sites for hydroxylation is 1. The second kappa shape index (κ2) is 11.2. The fourth-order valence-corrected chi connectivity index (χ4v) is 3.17. The van der Waals surface area contributed by atoms with Crippen molar-refractivity contribution in [3.63, 3.8) is 0 Å². The predicted octanol–water partition coefficient (Wildman–Crippen LogP) is 2.66. The first-order valence-corrected chi connectivity index (χ1v) is 9.69. The van der Waals surface area contributed by atoms with Gasteiger partial charge in [0.25, 0.3) is 5.91 Å². The van der Waals surface area contributed by atoms with E-state index >= 15 is 0 Å². The highest BCUT2D eigenvalue weighted by molar-refractivity contribution is 14.0. The fraction of sp³-hybridized carbons (Fsp3) is 0.429. The Kier molecular flexibility index (Phi) is 8.97. The summed E-state index contributed by atoms with van der Waals surface area (Å²) in [6.45, 7) is 7.63. The first-order chi connectivity index (χ1) is 13.6. The normalized spacial score (nSPS) is 15.6. The lowest BCUT2D eigenvalue weighted by molar-refractivity contribution is 0.0657. The van der Waals surface area contributed by atoms with Crippen LogP contribution in [0.4, 0.5) is 0 Å². The first kappa shape index (κ1) is 23.2. The summed E-state index contributed by atoms with van der Waals surface area (Å²) in [7, 11) is 0. The number of nitrogens with one attached hydrogen (secondary N) is 1. The Morgan fingerprint density at radius 2 is 1.83 bits per heavy atom. The Labute approximate surface area is 188 Å². The molecular weight excluding hydrogens is 483 g/mol. The zero-order valence-corrected chi connectivity index (χ0v) is 19.2. The van der Waals surface area contributed by atoms with E-state index in [1.165, 1.54) is 6.26 Å². The molecule has 1 aliphatic rings. The second-order valence-corrected chi connectivity index (χ2v) is 6.88. The maximum Gasteiger partial charge on any atom is 0.289 e. The van der Waals surface area contributed by atoms with E-state index in [0.29, 0.717) is 31.9 Å². The summed E-state index contributed by atoms with van der Waals surface area (Å²) in [5, 5.41) is 13.7. The van der Waals surface area contributed by atoms with Crippen molar-refractivity contribution in [2.24, 2.45) is 4.99 Å². The van der Waals surface area contributed by atoms with Crippen LogP contribution in [0.5, 0.6) is 0 Å². The Morgan fingerprint density at radius 1 is 1.17 bits per heavy atom. The van der Waals surface area contributed by atoms with Gasteiger partial charge in [-0.1, -0.05) is 29.8 Å². The van der Waals surface area contributed by atoms with Crippen molar-refractivity contribution in [1.29, 1.82) is 0 Å². The molecule has 29 heavy (non-hydrogen) atoms. The Bertz CT molecular complexity index is 785. The number of piperazine rings is 1. The molecule has 0 spiro atoms. The molecule has 1 aromatic heterocycles. The minimum Gasteiger partial charge on any atom is -0.459 e. The quantitative estimate of drug-likeness (QED) is 0.366. The number of furan rings is 1. The SMILES string of the molecule is CCNC(=NCC(O)c1ccc(C)cc1)N1CCN(C(=O)c2ccco2)CC1.I. The van der Waals surface area contributed by atoms with Gasteiger partial charge in [0.1, 0.15) is 0 Å². The molecule has 1 saturated heterocycles. The lowest BCUT2D eigenvalue weighted by Crippen LogP contribution is -2.53. The van der Waals surface area contributed by atoms with Gasteiger partial charge in [0.2, 0.25) is 0 Å². The maximum absolute atomic E-state index is 12.4. The van der Waals surface area contributed by atoms with Crippen LogP contribution in [0.1, 0.15) is 34.7 Å². The second-order valence-electron chi connectivity index (χ2n) is 6.88. The smallest absolute Gasteiger partial charge is 0.289 e. The van der Waals surface area contributed by atoms with Crippen LogP contribution in [0.15, 0.2) is 52.1 Å². The number of rotatable bonds is 5. The van der Waals surface area contributed by atoms with Crippen molar-refractivity contribution in [2.45, 2.75) is 20.0 Å². The molecule has 2 heterocycles. The van der Waals surface area contributed by atoms with E-state index in [9.17, 15) is 9.90 Å². The summed E-state index contributed by atoms with van der Waals surface area (Å²) in [5.74, 6) is 1.05. The molecule has 1 aliphatic heterocycles. The number of amides is 1. The summed E-state index contributed by atoms with van der Waals surface area (Å²) in [4.78, 5) is 20.9. The van der Waals surface area contributed by atoms with Crippen molar-refractivity contribution < 1.29 is 14.3 Å². The highest BCUT2D eigenvalue weighted by atomic mass is 127. The third-order valence-corrected chi connectivity index (χ3v) is 4.81. The number of hydrogen-bond donors (Lipinski definition) is 2. The fourth-order valence-electron chi connectivity index (χ4n) is 3.17. The molecule has 1 aromatic carbocycles. The molecule has 1 amide bonds. The summed E-state index contributed by atoms with van der Waals surface area (Å²) < 4.78 is 5.21. The molecule has 0 radical (unpaired) electrons. The van der Waals surface area contributed by atoms with E-state index in [0.717, 1.165) is 23.6 Å². The third-order valence-electron chi connectivity index (χ3n) is 4.81. The molecule has 2 N–H and O–H groups in total. The van der Waals surface area contributed by atoms with E-state index in [4.69, 9.17) is 4.42 Å². The van der Waals surface area contributed by atoms with Crippen LogP contribution in [0.2, 0.25) is 0 Å². The van der Waals surface area contributed by atoms with Crippen LogP contribution in [0.25, 0.3) is 0 Å². The minimum atomic E-state index is -0.643. The number of aliphatic hydroxyl groups excluding tert-OH is 1. The molecule has 1 fully saturated rings. The van der Waals surface area contributed by atoms with Crippen LogP contribution >= 0.6 is 24.0 Å². The highest BCUT2D eigenvalue weighted by Crippen LogP contribution is 2.15. The van der Waals surface area contributed by atoms with Gasteiger partial charge in [0, 0.05) is 32.7 Å². The van der Waals surface area contributed by atoms with E-state index in [2.05, 4.69) is 15.2 Å². The van der Waals surface area contributed by atoms with Gasteiger partial charge in [-0.25, -0.2) is 0 Å². The third kappa shape index (κ3) is 6.20. The van der Waals surface area contributed by atoms with Crippen LogP contribution < -0.4 is 5.32 Å². The summed E-state index contributed by atoms with van der Waals surface area (Å²) >= 11 is 0. The van der Waals surface area contributed by atoms with Gasteiger partial charge in [-0.3, -0.25) is 9.79 Å². The van der Waals surface area contributed by atoms with E-state index in [1.54, 1.807) is 17.0 Å². The minimum absolute atomic E-state index is 0. The summed E-state index contributed by atoms with van der Waals surface area (Å²) in [6.07, 6.45) is 0.870. The van der Waals surface area contributed by atoms with Crippen molar-refractivity contribution in [1.82, 2.24) is 15.1 Å². The average molecular weight is 512 g/mol. The summed E-state index contributed by atoms with van der Waals surface area (Å²) in [6, 6.07) is 11.2. The number of aliphatic hydroxyl groups is 1. The predicted molar refractivity (Wildman–Crippen MR) is 124 cm³/mol. The zero-order valence-electron chi connectivity index (χ0n) is 16.9. The number of nitrogens with zero attached hydrogens (tertiary/aromatic N) is 3. The number of carbonyl (C=O) groups excluding carboxylic acids is 1. The van der Waals surface area contributed by atoms with Gasteiger partial charge in [-0.2, -0.15) is 0 Å². The Hall–Kier alpha value is -2.07. The molecule has 0 saturated carbocycles. The molecule has 3 rings (SSSR count). The first-order valence-electron chi connectivity index (χ1n) is 9.69. The molecule has 7 nitrogen and oxygen atoms in total. The van der Waals surface area contributed by atoms with Gasteiger partial charge in [-0.05, 0) is 31.5 Å². The standard InChI is InChI=1S/C21H28N4O3.HI/c1-3-22-21(23-15-18(26)17-8-6-16(2)7-9-17)25-12-10-24(11-13-25)20(27)19-5-4-14-28-19;/h4-9,14,18,26H,3,10-13,15H2,1-2H3,(H,22,23);1H. The molecule has 1 atom stereocenters. The topological polar surface area (TPSA) is 81.3 Å². The number of hydrogen-bond acceptors (Lipinski definition) is 4. The van der Waals surface area contributed by atoms with Crippen molar-refractivity contribution >= 4 is 35.8 Å². The highest BCUT2D eigenvalue weighted by Gasteiger charge is 2.25. The Balaban J connectivity index is 0.00000300. The van der Waals surface area contributed by atoms with E-state index in [-0.39, 0.29) is 36.4 Å². The van der Waals surface area contributed by atoms with Gasteiger partial charge in [0.05, 0.1) is 18.9 Å². The Morgan fingerprint density at radius 3 is 2.41 bits per heavy atom. The zero-order chi connectivity index (χ0) is 19.9. The monoisotopic (exact) mass is 512 g/mol. The molecule has 0 bridgehead atoms. The van der Waals surface area contributed by atoms with Crippen molar-refractivity contribution in [2.75, 3.05) is 39.3 Å². The number of carbonyl (C=O) groups is 1. The molecule has 8 heteroatoms. The molecule has 2 aromatic rings. The van der Waals surface area contributed by atoms with Gasteiger partial charge < -0.3 is 24.6 Å².